The summed E-state index contributed by atoms with van der Waals surface area (Å²) in [7, 11) is 0. The Morgan fingerprint density at radius 1 is 0.415 bits per heavy atom. The second kappa shape index (κ2) is 10.8. The first-order chi connectivity index (χ1) is 26.2. The van der Waals surface area contributed by atoms with Gasteiger partial charge in [-0.1, -0.05) is 103 Å². The Labute approximate surface area is 305 Å². The third-order valence-electron chi connectivity index (χ3n) is 11.1. The number of ether oxygens (including phenoxy) is 1. The summed E-state index contributed by atoms with van der Waals surface area (Å²) in [5, 5.41) is 4.74. The Hall–Kier alpha value is -6.98. The minimum absolute atomic E-state index is 0.301. The zero-order valence-electron chi connectivity index (χ0n) is 28.4. The van der Waals surface area contributed by atoms with Crippen molar-refractivity contribution in [3.05, 3.63) is 170 Å². The van der Waals surface area contributed by atoms with Crippen LogP contribution in [0.3, 0.4) is 0 Å². The van der Waals surface area contributed by atoms with Crippen LogP contribution in [0.2, 0.25) is 0 Å². The first-order valence-electron chi connectivity index (χ1n) is 18.0. The highest BCUT2D eigenvalue weighted by atomic mass is 16.5. The zero-order chi connectivity index (χ0) is 34.6. The predicted octanol–water partition coefficient (Wildman–Crippen LogP) is 11.3. The molecule has 0 amide bonds. The highest BCUT2D eigenvalue weighted by Gasteiger charge is 2.41. The van der Waals surface area contributed by atoms with Gasteiger partial charge < -0.3 is 18.4 Å². The Kier molecular flexibility index (Phi) is 5.83. The number of benzene rings is 8. The standard InChI is InChI=1S/C48H28BNO3/c1-5-13-41-34(9-1)35-10-2-6-14-42(35)50(41)33-21-17-29(18-22-33)31-20-24-46-40(27-31)49-48-39(37-12-4-8-16-45(37)53-49)26-32(28-47(48)52-46)30-19-23-44-38(25-30)36-11-3-7-15-43(36)51-44/h1-28H. The van der Waals surface area contributed by atoms with Crippen LogP contribution in [0.1, 0.15) is 0 Å². The minimum atomic E-state index is -0.301. The minimum Gasteiger partial charge on any atom is -0.551 e. The molecule has 8 aromatic carbocycles. The Bertz CT molecular complexity index is 3080. The van der Waals surface area contributed by atoms with Crippen molar-refractivity contribution < 1.29 is 13.8 Å². The quantitative estimate of drug-likeness (QED) is 0.175. The highest BCUT2D eigenvalue weighted by molar-refractivity contribution is 6.84. The molecule has 4 nitrogen and oxygen atoms in total. The zero-order valence-corrected chi connectivity index (χ0v) is 28.4. The van der Waals surface area contributed by atoms with Crippen molar-refractivity contribution in [1.29, 1.82) is 0 Å². The molecule has 0 saturated heterocycles. The number of hydrogen-bond donors (Lipinski definition) is 0. The molecule has 2 aromatic heterocycles. The van der Waals surface area contributed by atoms with E-state index in [4.69, 9.17) is 13.8 Å². The average Bonchev–Trinajstić information content (AvgIpc) is 3.76. The van der Waals surface area contributed by atoms with Crippen LogP contribution in [0.4, 0.5) is 0 Å². The van der Waals surface area contributed by atoms with Crippen molar-refractivity contribution in [2.24, 2.45) is 0 Å². The van der Waals surface area contributed by atoms with E-state index in [-0.39, 0.29) is 6.92 Å². The molecule has 53 heavy (non-hydrogen) atoms. The molecule has 12 rings (SSSR count). The SMILES string of the molecule is c1ccc2c(c1)OB1c3cc(-c4ccc(-n5c6ccccc6c6ccccc65)cc4)ccc3Oc3cc(-c4ccc5oc6ccccc6c5c4)cc-2c31. The van der Waals surface area contributed by atoms with Gasteiger partial charge in [-0.3, -0.25) is 0 Å². The number of furan rings is 1. The van der Waals surface area contributed by atoms with Crippen LogP contribution in [0, 0.1) is 0 Å². The molecule has 0 radical (unpaired) electrons. The molecule has 2 aliphatic heterocycles. The normalized spacial score (nSPS) is 12.8. The number of rotatable bonds is 3. The molecule has 4 heterocycles. The van der Waals surface area contributed by atoms with Gasteiger partial charge in [-0.15, -0.1) is 0 Å². The Morgan fingerprint density at radius 2 is 1.08 bits per heavy atom. The summed E-state index contributed by atoms with van der Waals surface area (Å²) in [5.41, 5.74) is 14.1. The molecule has 10 aromatic rings. The summed E-state index contributed by atoms with van der Waals surface area (Å²) in [6, 6.07) is 60.0. The molecular weight excluding hydrogens is 649 g/mol. The van der Waals surface area contributed by atoms with Gasteiger partial charge in [0, 0.05) is 43.7 Å². The molecule has 0 atom stereocenters. The second-order valence-electron chi connectivity index (χ2n) is 14.0. The first kappa shape index (κ1) is 28.7. The topological polar surface area (TPSA) is 36.5 Å². The van der Waals surface area contributed by atoms with E-state index in [0.29, 0.717) is 0 Å². The summed E-state index contributed by atoms with van der Waals surface area (Å²) in [5.74, 6) is 2.51. The number of nitrogens with zero attached hydrogens (tertiary/aromatic N) is 1. The Morgan fingerprint density at radius 3 is 1.91 bits per heavy atom. The summed E-state index contributed by atoms with van der Waals surface area (Å²) in [4.78, 5) is 0. The molecule has 0 fully saturated rings. The maximum Gasteiger partial charge on any atom is 0.434 e. The molecule has 0 N–H and O–H groups in total. The van der Waals surface area contributed by atoms with Gasteiger partial charge in [0.25, 0.3) is 0 Å². The lowest BCUT2D eigenvalue weighted by molar-refractivity contribution is 0.479. The van der Waals surface area contributed by atoms with E-state index >= 15 is 0 Å². The van der Waals surface area contributed by atoms with Crippen molar-refractivity contribution in [3.63, 3.8) is 0 Å². The fourth-order valence-corrected chi connectivity index (χ4v) is 8.62. The number of fused-ring (bicyclic) bond motifs is 10. The van der Waals surface area contributed by atoms with Gasteiger partial charge in [0.15, 0.2) is 0 Å². The predicted molar refractivity (Wildman–Crippen MR) is 217 cm³/mol. The fraction of sp³-hybridized carbons (Fsp3) is 0. The summed E-state index contributed by atoms with van der Waals surface area (Å²) >= 11 is 0. The van der Waals surface area contributed by atoms with Crippen LogP contribution in [0.15, 0.2) is 174 Å². The van der Waals surface area contributed by atoms with Gasteiger partial charge in [0.2, 0.25) is 0 Å². The first-order valence-corrected chi connectivity index (χ1v) is 18.0. The smallest absolute Gasteiger partial charge is 0.434 e. The van der Waals surface area contributed by atoms with Gasteiger partial charge >= 0.3 is 6.92 Å². The average molecular weight is 678 g/mol. The van der Waals surface area contributed by atoms with Gasteiger partial charge in [-0.25, -0.2) is 0 Å². The maximum atomic E-state index is 6.85. The van der Waals surface area contributed by atoms with E-state index in [1.165, 1.54) is 21.8 Å². The molecule has 246 valence electrons. The van der Waals surface area contributed by atoms with Crippen LogP contribution >= 0.6 is 0 Å². The number of hydrogen-bond acceptors (Lipinski definition) is 3. The molecular formula is C48H28BNO3. The van der Waals surface area contributed by atoms with Crippen molar-refractivity contribution in [3.8, 4) is 56.3 Å². The van der Waals surface area contributed by atoms with Gasteiger partial charge in [0.1, 0.15) is 28.4 Å². The van der Waals surface area contributed by atoms with Crippen molar-refractivity contribution in [1.82, 2.24) is 4.57 Å². The van der Waals surface area contributed by atoms with E-state index in [1.54, 1.807) is 0 Å². The van der Waals surface area contributed by atoms with Crippen LogP contribution < -0.4 is 20.3 Å². The molecule has 0 bridgehead atoms. The van der Waals surface area contributed by atoms with E-state index in [2.05, 4.69) is 156 Å². The third-order valence-corrected chi connectivity index (χ3v) is 11.1. The third kappa shape index (κ3) is 4.19. The summed E-state index contributed by atoms with van der Waals surface area (Å²) in [6.07, 6.45) is 0. The monoisotopic (exact) mass is 677 g/mol. The lowest BCUT2D eigenvalue weighted by Crippen LogP contribution is -2.53. The van der Waals surface area contributed by atoms with Crippen molar-refractivity contribution in [2.45, 2.75) is 0 Å². The van der Waals surface area contributed by atoms with E-state index < -0.39 is 0 Å². The molecule has 2 aliphatic rings. The fourth-order valence-electron chi connectivity index (χ4n) is 8.62. The summed E-state index contributed by atoms with van der Waals surface area (Å²) < 4.78 is 22.1. The summed E-state index contributed by atoms with van der Waals surface area (Å²) in [6.45, 7) is -0.301. The van der Waals surface area contributed by atoms with Crippen LogP contribution in [-0.2, 0) is 0 Å². The maximum absolute atomic E-state index is 6.85. The van der Waals surface area contributed by atoms with E-state index in [1.807, 2.05) is 18.2 Å². The van der Waals surface area contributed by atoms with Gasteiger partial charge in [-0.2, -0.15) is 0 Å². The van der Waals surface area contributed by atoms with Crippen LogP contribution in [0.5, 0.6) is 17.2 Å². The number of aromatic nitrogens is 1. The highest BCUT2D eigenvalue weighted by Crippen LogP contribution is 2.43. The molecule has 0 aliphatic carbocycles. The molecule has 0 unspecified atom stereocenters. The van der Waals surface area contributed by atoms with E-state index in [0.717, 1.165) is 89.2 Å². The molecule has 0 saturated carbocycles. The van der Waals surface area contributed by atoms with Gasteiger partial charge in [-0.05, 0) is 94.5 Å². The van der Waals surface area contributed by atoms with Crippen molar-refractivity contribution >= 4 is 61.6 Å². The van der Waals surface area contributed by atoms with Crippen molar-refractivity contribution in [2.75, 3.05) is 0 Å². The van der Waals surface area contributed by atoms with Gasteiger partial charge in [0.05, 0.1) is 11.0 Å². The molecule has 0 spiro atoms. The lowest BCUT2D eigenvalue weighted by Gasteiger charge is -2.33. The second-order valence-corrected chi connectivity index (χ2v) is 14.0. The lowest BCUT2D eigenvalue weighted by atomic mass is 9.50. The van der Waals surface area contributed by atoms with E-state index in [9.17, 15) is 0 Å². The molecule has 5 heteroatoms. The largest absolute Gasteiger partial charge is 0.551 e. The number of para-hydroxylation sites is 4. The Balaban J connectivity index is 0.958. The van der Waals surface area contributed by atoms with Crippen LogP contribution in [0.25, 0.3) is 82.8 Å². The van der Waals surface area contributed by atoms with Crippen LogP contribution in [-0.4, -0.2) is 11.5 Å².